The van der Waals surface area contributed by atoms with Crippen molar-refractivity contribution in [2.75, 3.05) is 12.3 Å². The van der Waals surface area contributed by atoms with Crippen LogP contribution in [0.4, 0.5) is 5.82 Å². The van der Waals surface area contributed by atoms with Gasteiger partial charge in [0.05, 0.1) is 10.6 Å². The number of carbonyl (C=O) groups excluding carboxylic acids is 1. The number of pyridine rings is 1. The number of amides is 1. The number of hydrogen-bond acceptors (Lipinski definition) is 4. The van der Waals surface area contributed by atoms with Crippen LogP contribution in [0.15, 0.2) is 24.7 Å². The molecule has 0 spiro atoms. The largest absolute Gasteiger partial charge is 0.384 e. The van der Waals surface area contributed by atoms with Gasteiger partial charge in [-0.2, -0.15) is 0 Å². The zero-order chi connectivity index (χ0) is 13.7. The zero-order valence-electron chi connectivity index (χ0n) is 10.2. The molecule has 0 atom stereocenters. The SMILES string of the molecule is Nc1cc(C(=O)NCCCc2ncc[nH]2)c(Cl)cn1. The van der Waals surface area contributed by atoms with E-state index in [9.17, 15) is 4.79 Å². The Labute approximate surface area is 115 Å². The Kier molecular flexibility index (Phi) is 4.35. The Hall–Kier alpha value is -2.08. The molecule has 19 heavy (non-hydrogen) atoms. The van der Waals surface area contributed by atoms with Crippen molar-refractivity contribution < 1.29 is 4.79 Å². The van der Waals surface area contributed by atoms with Gasteiger partial charge in [-0.1, -0.05) is 11.6 Å². The van der Waals surface area contributed by atoms with Gasteiger partial charge in [0, 0.05) is 31.6 Å². The summed E-state index contributed by atoms with van der Waals surface area (Å²) in [5.41, 5.74) is 5.86. The second kappa shape index (κ2) is 6.19. The minimum atomic E-state index is -0.251. The average molecular weight is 280 g/mol. The van der Waals surface area contributed by atoms with Gasteiger partial charge in [0.15, 0.2) is 0 Å². The molecule has 2 rings (SSSR count). The molecular weight excluding hydrogens is 266 g/mol. The molecule has 0 radical (unpaired) electrons. The van der Waals surface area contributed by atoms with Gasteiger partial charge in [-0.25, -0.2) is 9.97 Å². The third-order valence-electron chi connectivity index (χ3n) is 2.55. The molecule has 0 saturated carbocycles. The van der Waals surface area contributed by atoms with Gasteiger partial charge in [0.1, 0.15) is 11.6 Å². The first kappa shape index (κ1) is 13.4. The standard InChI is InChI=1S/C12H14ClN5O/c13-9-7-18-10(14)6-8(9)12(19)17-3-1-2-11-15-4-5-16-11/h4-7H,1-3H2,(H2,14,18)(H,15,16)(H,17,19). The first-order chi connectivity index (χ1) is 9.16. The Morgan fingerprint density at radius 2 is 2.32 bits per heavy atom. The van der Waals surface area contributed by atoms with Gasteiger partial charge in [-0.3, -0.25) is 4.79 Å². The van der Waals surface area contributed by atoms with E-state index in [1.165, 1.54) is 12.3 Å². The van der Waals surface area contributed by atoms with Crippen LogP contribution >= 0.6 is 11.6 Å². The molecule has 100 valence electrons. The third-order valence-corrected chi connectivity index (χ3v) is 2.85. The number of nitrogens with two attached hydrogens (primary N) is 1. The van der Waals surface area contributed by atoms with Gasteiger partial charge in [-0.05, 0) is 12.5 Å². The molecule has 2 aromatic rings. The van der Waals surface area contributed by atoms with Crippen LogP contribution in [0.1, 0.15) is 22.6 Å². The summed E-state index contributed by atoms with van der Waals surface area (Å²) in [5.74, 6) is 0.920. The number of halogens is 1. The fourth-order valence-corrected chi connectivity index (χ4v) is 1.81. The van der Waals surface area contributed by atoms with Crippen LogP contribution in [0.5, 0.6) is 0 Å². The minimum absolute atomic E-state index is 0.251. The monoisotopic (exact) mass is 279 g/mol. The number of imidazole rings is 1. The smallest absolute Gasteiger partial charge is 0.252 e. The lowest BCUT2D eigenvalue weighted by molar-refractivity contribution is 0.0953. The number of aromatic amines is 1. The van der Waals surface area contributed by atoms with Gasteiger partial charge in [0.2, 0.25) is 0 Å². The Morgan fingerprint density at radius 3 is 3.05 bits per heavy atom. The lowest BCUT2D eigenvalue weighted by atomic mass is 10.2. The van der Waals surface area contributed by atoms with Crippen molar-refractivity contribution in [3.8, 4) is 0 Å². The quantitative estimate of drug-likeness (QED) is 0.721. The van der Waals surface area contributed by atoms with Crippen molar-refractivity contribution in [1.29, 1.82) is 0 Å². The summed E-state index contributed by atoms with van der Waals surface area (Å²) in [6.07, 6.45) is 6.41. The highest BCUT2D eigenvalue weighted by molar-refractivity contribution is 6.33. The number of rotatable bonds is 5. The molecule has 6 nitrogen and oxygen atoms in total. The molecule has 0 fully saturated rings. The number of aryl methyl sites for hydroxylation is 1. The number of nitrogens with zero attached hydrogens (tertiary/aromatic N) is 2. The predicted octanol–water partition coefficient (Wildman–Crippen LogP) is 1.40. The summed E-state index contributed by atoms with van der Waals surface area (Å²) in [4.78, 5) is 22.8. The van der Waals surface area contributed by atoms with E-state index in [-0.39, 0.29) is 16.7 Å². The number of carbonyl (C=O) groups is 1. The highest BCUT2D eigenvalue weighted by atomic mass is 35.5. The van der Waals surface area contributed by atoms with Crippen LogP contribution in [-0.4, -0.2) is 27.4 Å². The van der Waals surface area contributed by atoms with Crippen LogP contribution < -0.4 is 11.1 Å². The van der Waals surface area contributed by atoms with Crippen molar-refractivity contribution in [2.24, 2.45) is 0 Å². The number of anilines is 1. The van der Waals surface area contributed by atoms with Crippen LogP contribution in [0, 0.1) is 0 Å². The maximum atomic E-state index is 11.9. The summed E-state index contributed by atoms with van der Waals surface area (Å²) < 4.78 is 0. The lowest BCUT2D eigenvalue weighted by Gasteiger charge is -2.06. The highest BCUT2D eigenvalue weighted by Crippen LogP contribution is 2.16. The van der Waals surface area contributed by atoms with Crippen LogP contribution in [0.2, 0.25) is 5.02 Å². The highest BCUT2D eigenvalue weighted by Gasteiger charge is 2.10. The molecule has 2 aromatic heterocycles. The Morgan fingerprint density at radius 1 is 1.47 bits per heavy atom. The van der Waals surface area contributed by atoms with E-state index < -0.39 is 0 Å². The molecule has 0 aliphatic heterocycles. The van der Waals surface area contributed by atoms with Crippen LogP contribution in [0.3, 0.4) is 0 Å². The van der Waals surface area contributed by atoms with Crippen LogP contribution in [-0.2, 0) is 6.42 Å². The molecule has 0 saturated heterocycles. The Bertz CT molecular complexity index is 555. The van der Waals surface area contributed by atoms with E-state index >= 15 is 0 Å². The van der Waals surface area contributed by atoms with Gasteiger partial charge in [0.25, 0.3) is 5.91 Å². The average Bonchev–Trinajstić information content (AvgIpc) is 2.90. The molecule has 1 amide bonds. The van der Waals surface area contributed by atoms with E-state index in [0.29, 0.717) is 12.1 Å². The molecule has 4 N–H and O–H groups in total. The van der Waals surface area contributed by atoms with Gasteiger partial charge >= 0.3 is 0 Å². The minimum Gasteiger partial charge on any atom is -0.384 e. The summed E-state index contributed by atoms with van der Waals surface area (Å²) >= 11 is 5.89. The molecule has 0 aliphatic rings. The molecule has 0 aliphatic carbocycles. The maximum absolute atomic E-state index is 11.9. The van der Waals surface area contributed by atoms with Crippen molar-refractivity contribution in [1.82, 2.24) is 20.3 Å². The van der Waals surface area contributed by atoms with E-state index in [2.05, 4.69) is 20.3 Å². The molecule has 0 aromatic carbocycles. The van der Waals surface area contributed by atoms with E-state index in [0.717, 1.165) is 18.7 Å². The summed E-state index contributed by atoms with van der Waals surface area (Å²) in [5, 5.41) is 3.07. The topological polar surface area (TPSA) is 96.7 Å². The number of aromatic nitrogens is 3. The molecule has 0 unspecified atom stereocenters. The van der Waals surface area contributed by atoms with E-state index in [4.69, 9.17) is 17.3 Å². The number of nitrogen functional groups attached to an aromatic ring is 1. The summed E-state index contributed by atoms with van der Waals surface area (Å²) in [7, 11) is 0. The number of nitrogens with one attached hydrogen (secondary N) is 2. The Balaban J connectivity index is 1.82. The first-order valence-electron chi connectivity index (χ1n) is 5.84. The normalized spacial score (nSPS) is 10.4. The maximum Gasteiger partial charge on any atom is 0.252 e. The molecule has 0 bridgehead atoms. The number of H-pyrrole nitrogens is 1. The van der Waals surface area contributed by atoms with E-state index in [1.54, 1.807) is 12.4 Å². The van der Waals surface area contributed by atoms with Gasteiger partial charge in [-0.15, -0.1) is 0 Å². The fourth-order valence-electron chi connectivity index (χ4n) is 1.62. The van der Waals surface area contributed by atoms with Crippen molar-refractivity contribution >= 4 is 23.3 Å². The second-order valence-corrected chi connectivity index (χ2v) is 4.39. The first-order valence-corrected chi connectivity index (χ1v) is 6.22. The van der Waals surface area contributed by atoms with Crippen molar-refractivity contribution in [3.05, 3.63) is 41.1 Å². The third kappa shape index (κ3) is 3.69. The van der Waals surface area contributed by atoms with Crippen molar-refractivity contribution in [3.63, 3.8) is 0 Å². The lowest BCUT2D eigenvalue weighted by Crippen LogP contribution is -2.25. The van der Waals surface area contributed by atoms with Crippen molar-refractivity contribution in [2.45, 2.75) is 12.8 Å². The zero-order valence-corrected chi connectivity index (χ0v) is 10.9. The molecule has 7 heteroatoms. The van der Waals surface area contributed by atoms with E-state index in [1.807, 2.05) is 0 Å². The summed E-state index contributed by atoms with van der Waals surface area (Å²) in [6.45, 7) is 0.540. The number of hydrogen-bond donors (Lipinski definition) is 3. The molecular formula is C12H14ClN5O. The fraction of sp³-hybridized carbons (Fsp3) is 0.250. The molecule has 2 heterocycles. The van der Waals surface area contributed by atoms with Gasteiger partial charge < -0.3 is 16.0 Å². The summed E-state index contributed by atoms with van der Waals surface area (Å²) in [6, 6.07) is 1.46. The second-order valence-electron chi connectivity index (χ2n) is 3.98. The predicted molar refractivity (Wildman–Crippen MR) is 72.9 cm³/mol. The van der Waals surface area contributed by atoms with Crippen LogP contribution in [0.25, 0.3) is 0 Å².